The summed E-state index contributed by atoms with van der Waals surface area (Å²) in [6.07, 6.45) is 1.81. The van der Waals surface area contributed by atoms with Crippen LogP contribution in [0.4, 0.5) is 5.13 Å². The fourth-order valence-corrected chi connectivity index (χ4v) is 6.03. The van der Waals surface area contributed by atoms with Crippen LogP contribution >= 0.6 is 39.0 Å². The fourth-order valence-electron chi connectivity index (χ4n) is 2.21. The van der Waals surface area contributed by atoms with Crippen LogP contribution in [0.1, 0.15) is 11.3 Å². The first-order valence-electron chi connectivity index (χ1n) is 8.02. The van der Waals surface area contributed by atoms with Gasteiger partial charge in [-0.3, -0.25) is 0 Å². The zero-order chi connectivity index (χ0) is 18.5. The molecule has 0 aliphatic rings. The summed E-state index contributed by atoms with van der Waals surface area (Å²) in [6, 6.07) is 18.4. The van der Waals surface area contributed by atoms with Gasteiger partial charge in [0.05, 0.1) is 0 Å². The number of aliphatic imine (C=N–C) groups is 1. The summed E-state index contributed by atoms with van der Waals surface area (Å²) in [4.78, 5) is 11.4. The average molecular weight is 520 g/mol. The number of hydrogen-bond acceptors (Lipinski definition) is 6. The van der Waals surface area contributed by atoms with Crippen molar-refractivity contribution in [3.63, 3.8) is 0 Å². The summed E-state index contributed by atoms with van der Waals surface area (Å²) < 4.78 is 3.15. The summed E-state index contributed by atoms with van der Waals surface area (Å²) in [5, 5.41) is 9.03. The molecule has 2 heterocycles. The van der Waals surface area contributed by atoms with Gasteiger partial charge in [-0.25, -0.2) is 0 Å². The van der Waals surface area contributed by atoms with Crippen LogP contribution in [0, 0.1) is 0 Å². The van der Waals surface area contributed by atoms with E-state index in [-0.39, 0.29) is 0 Å². The Balaban J connectivity index is 1.36. The van der Waals surface area contributed by atoms with Gasteiger partial charge in [0.15, 0.2) is 0 Å². The van der Waals surface area contributed by atoms with E-state index in [1.54, 1.807) is 18.0 Å². The summed E-state index contributed by atoms with van der Waals surface area (Å²) in [6.45, 7) is 0. The van der Waals surface area contributed by atoms with Gasteiger partial charge >= 0.3 is 160 Å². The van der Waals surface area contributed by atoms with Crippen LogP contribution in [-0.4, -0.2) is 35.9 Å². The molecule has 0 unspecified atom stereocenters. The first kappa shape index (κ1) is 18.8. The number of aromatic nitrogens is 3. The molecule has 0 fully saturated rings. The van der Waals surface area contributed by atoms with Gasteiger partial charge in [-0.15, -0.1) is 0 Å². The van der Waals surface area contributed by atoms with Gasteiger partial charge in [0.2, 0.25) is 0 Å². The molecule has 0 saturated heterocycles. The Labute approximate surface area is 179 Å². The molecule has 0 radical (unpaired) electrons. The molecule has 0 saturated carbocycles. The number of thioether (sulfide) groups is 1. The molecule has 0 aliphatic carbocycles. The number of benzene rings is 2. The van der Waals surface area contributed by atoms with E-state index in [2.05, 4.69) is 60.3 Å². The Kier molecular flexibility index (Phi) is 6.32. The van der Waals surface area contributed by atoms with Crippen LogP contribution in [0.2, 0.25) is 0 Å². The second-order valence-corrected chi connectivity index (χ2v) is 10.4. The number of rotatable bonds is 6. The first-order valence-corrected chi connectivity index (χ1v) is 12.5. The van der Waals surface area contributed by atoms with Crippen molar-refractivity contribution < 1.29 is 0 Å². The van der Waals surface area contributed by atoms with Crippen LogP contribution in [0.3, 0.4) is 0 Å². The quantitative estimate of drug-likeness (QED) is 0.193. The minimum atomic E-state index is 0.304. The Hall–Kier alpha value is -1.57. The van der Waals surface area contributed by atoms with E-state index in [1.807, 2.05) is 30.3 Å². The average Bonchev–Trinajstić information content (AvgIpc) is 3.36. The van der Waals surface area contributed by atoms with E-state index in [1.165, 1.54) is 21.5 Å². The Morgan fingerprint density at radius 3 is 2.70 bits per heavy atom. The van der Waals surface area contributed by atoms with Crippen molar-refractivity contribution in [3.8, 4) is 10.1 Å². The summed E-state index contributed by atoms with van der Waals surface area (Å²) >= 11 is 6.89. The molecule has 2 aromatic heterocycles. The molecule has 0 N–H and O–H groups in total. The van der Waals surface area contributed by atoms with Crippen molar-refractivity contribution >= 4 is 64.9 Å². The monoisotopic (exact) mass is 520 g/mol. The van der Waals surface area contributed by atoms with E-state index in [4.69, 9.17) is 4.98 Å². The molecule has 27 heavy (non-hydrogen) atoms. The summed E-state index contributed by atoms with van der Waals surface area (Å²) in [5.41, 5.74) is 3.37. The zero-order valence-electron chi connectivity index (χ0n) is 13.9. The van der Waals surface area contributed by atoms with Gasteiger partial charge < -0.3 is 0 Å². The summed E-state index contributed by atoms with van der Waals surface area (Å²) in [7, 11) is 0. The van der Waals surface area contributed by atoms with Gasteiger partial charge in [-0.1, -0.05) is 15.9 Å². The predicted octanol–water partition coefficient (Wildman–Crippen LogP) is 5.46. The topological polar surface area (TPSA) is 51.0 Å². The summed E-state index contributed by atoms with van der Waals surface area (Å²) in [5.74, 6) is 0.809. The molecule has 2 aromatic carbocycles. The second-order valence-electron chi connectivity index (χ2n) is 5.46. The van der Waals surface area contributed by atoms with Crippen molar-refractivity contribution in [3.05, 3.63) is 75.3 Å². The molecular weight excluding hydrogens is 507 g/mol. The SMILES string of the molecule is Brc1ccc(/C=N/c2nnc(SCc3c[se]c(-c4ccccc4)n3)s2)cc1. The van der Waals surface area contributed by atoms with E-state index < -0.39 is 0 Å². The van der Waals surface area contributed by atoms with Crippen molar-refractivity contribution in [1.29, 1.82) is 0 Å². The minimum absolute atomic E-state index is 0.304. The fraction of sp³-hybridized carbons (Fsp3) is 0.0526. The van der Waals surface area contributed by atoms with Crippen LogP contribution < -0.4 is 0 Å². The molecule has 0 atom stereocenters. The van der Waals surface area contributed by atoms with E-state index in [0.717, 1.165) is 25.8 Å². The standard InChI is InChI=1S/C19H13BrN4S2Se/c20-15-8-6-13(7-9-15)10-21-18-23-24-19(26-18)25-11-16-12-27-17(22-16)14-4-2-1-3-5-14/h1-10,12H,11H2/b21-10+. The molecule has 134 valence electrons. The third-order valence-corrected chi connectivity index (χ3v) is 8.01. The van der Waals surface area contributed by atoms with Crippen LogP contribution in [0.25, 0.3) is 10.1 Å². The van der Waals surface area contributed by atoms with E-state index in [9.17, 15) is 0 Å². The molecule has 4 aromatic rings. The van der Waals surface area contributed by atoms with E-state index in [0.29, 0.717) is 19.6 Å². The molecule has 8 heteroatoms. The molecule has 0 bridgehead atoms. The van der Waals surface area contributed by atoms with Crippen LogP contribution in [0.15, 0.2) is 73.3 Å². The normalized spacial score (nSPS) is 11.3. The van der Waals surface area contributed by atoms with Gasteiger partial charge in [-0.2, -0.15) is 0 Å². The van der Waals surface area contributed by atoms with Crippen molar-refractivity contribution in [2.45, 2.75) is 10.1 Å². The Morgan fingerprint density at radius 2 is 1.89 bits per heavy atom. The first-order chi connectivity index (χ1) is 13.3. The van der Waals surface area contributed by atoms with Gasteiger partial charge in [-0.05, 0) is 0 Å². The van der Waals surface area contributed by atoms with Crippen LogP contribution in [-0.2, 0) is 5.75 Å². The Morgan fingerprint density at radius 1 is 1.07 bits per heavy atom. The van der Waals surface area contributed by atoms with Crippen LogP contribution in [0.5, 0.6) is 0 Å². The number of nitrogens with zero attached hydrogens (tertiary/aromatic N) is 4. The molecule has 4 rings (SSSR count). The molecule has 0 spiro atoms. The maximum atomic E-state index is 4.77. The zero-order valence-corrected chi connectivity index (χ0v) is 18.9. The van der Waals surface area contributed by atoms with Crippen molar-refractivity contribution in [2.75, 3.05) is 0 Å². The van der Waals surface area contributed by atoms with Gasteiger partial charge in [0, 0.05) is 4.47 Å². The maximum absolute atomic E-state index is 4.77. The molecule has 0 amide bonds. The number of hydrogen-bond donors (Lipinski definition) is 0. The Bertz CT molecular complexity index is 1050. The molecular formula is C19H13BrN4S2Se. The third kappa shape index (κ3) is 5.24. The molecule has 0 aliphatic heterocycles. The van der Waals surface area contributed by atoms with Crippen molar-refractivity contribution in [2.24, 2.45) is 4.99 Å². The third-order valence-electron chi connectivity index (χ3n) is 3.51. The predicted molar refractivity (Wildman–Crippen MR) is 117 cm³/mol. The van der Waals surface area contributed by atoms with Gasteiger partial charge in [0.25, 0.3) is 0 Å². The van der Waals surface area contributed by atoms with Crippen molar-refractivity contribution in [1.82, 2.24) is 15.2 Å². The molecule has 4 nitrogen and oxygen atoms in total. The van der Waals surface area contributed by atoms with Gasteiger partial charge in [0.1, 0.15) is 0 Å². The van der Waals surface area contributed by atoms with E-state index >= 15 is 0 Å². The second kappa shape index (κ2) is 9.08. The number of halogens is 1.